The summed E-state index contributed by atoms with van der Waals surface area (Å²) in [5.41, 5.74) is 2.72. The molecule has 0 aromatic heterocycles. The molecule has 21 heavy (non-hydrogen) atoms. The van der Waals surface area contributed by atoms with Gasteiger partial charge in [-0.05, 0) is 50.4 Å². The van der Waals surface area contributed by atoms with E-state index in [2.05, 4.69) is 58.2 Å². The third-order valence-electron chi connectivity index (χ3n) is 4.47. The Kier molecular flexibility index (Phi) is 7.05. The van der Waals surface area contributed by atoms with Gasteiger partial charge in [-0.15, -0.1) is 0 Å². The molecule has 0 atom stereocenters. The van der Waals surface area contributed by atoms with Gasteiger partial charge in [0.25, 0.3) is 0 Å². The lowest BCUT2D eigenvalue weighted by Crippen LogP contribution is -2.36. The van der Waals surface area contributed by atoms with Gasteiger partial charge in [0.15, 0.2) is 0 Å². The van der Waals surface area contributed by atoms with Crippen LogP contribution in [0, 0.1) is 0 Å². The van der Waals surface area contributed by atoms with Crippen molar-refractivity contribution in [1.29, 1.82) is 0 Å². The second kappa shape index (κ2) is 8.79. The summed E-state index contributed by atoms with van der Waals surface area (Å²) in [6, 6.07) is 7.61. The zero-order chi connectivity index (χ0) is 15.1. The van der Waals surface area contributed by atoms with Crippen molar-refractivity contribution in [2.45, 2.75) is 65.0 Å². The van der Waals surface area contributed by atoms with Gasteiger partial charge in [0.1, 0.15) is 0 Å². The summed E-state index contributed by atoms with van der Waals surface area (Å²) in [5, 5.41) is 3.47. The minimum Gasteiger partial charge on any atom is -0.369 e. The summed E-state index contributed by atoms with van der Waals surface area (Å²) >= 11 is 3.75. The molecule has 2 rings (SSSR count). The average Bonchev–Trinajstić information content (AvgIpc) is 2.51. The van der Waals surface area contributed by atoms with Crippen LogP contribution in [0.1, 0.15) is 57.9 Å². The Morgan fingerprint density at radius 3 is 2.57 bits per heavy atom. The summed E-state index contributed by atoms with van der Waals surface area (Å²) in [4.78, 5) is 2.59. The Hall–Kier alpha value is -0.540. The molecule has 1 fully saturated rings. The molecule has 0 aliphatic heterocycles. The zero-order valence-corrected chi connectivity index (χ0v) is 15.1. The molecular formula is C18H29BrN2. The third-order valence-corrected chi connectivity index (χ3v) is 5.20. The molecule has 1 aliphatic rings. The highest BCUT2D eigenvalue weighted by Crippen LogP contribution is 2.30. The Balaban J connectivity index is 2.05. The number of hydrogen-bond donors (Lipinski definition) is 1. The maximum atomic E-state index is 3.75. The monoisotopic (exact) mass is 352 g/mol. The van der Waals surface area contributed by atoms with Crippen LogP contribution in [-0.2, 0) is 6.54 Å². The standard InChI is InChI=1S/C18H29BrN2/c1-3-12-20-14-15-10-11-17(13-18(15)19)21(4-2)16-8-6-5-7-9-16/h10-11,13,16,20H,3-9,12,14H2,1-2H3. The fourth-order valence-electron chi connectivity index (χ4n) is 3.30. The highest BCUT2D eigenvalue weighted by molar-refractivity contribution is 9.10. The molecule has 1 aliphatic carbocycles. The molecule has 1 aromatic carbocycles. The van der Waals surface area contributed by atoms with E-state index in [1.54, 1.807) is 0 Å². The van der Waals surface area contributed by atoms with Crippen LogP contribution in [0.25, 0.3) is 0 Å². The lowest BCUT2D eigenvalue weighted by molar-refractivity contribution is 0.418. The number of nitrogens with one attached hydrogen (secondary N) is 1. The van der Waals surface area contributed by atoms with E-state index in [1.807, 2.05) is 0 Å². The molecule has 0 saturated heterocycles. The molecule has 0 radical (unpaired) electrons. The van der Waals surface area contributed by atoms with E-state index >= 15 is 0 Å². The van der Waals surface area contributed by atoms with Gasteiger partial charge in [0.05, 0.1) is 0 Å². The van der Waals surface area contributed by atoms with Crippen molar-refractivity contribution in [2.75, 3.05) is 18.0 Å². The van der Waals surface area contributed by atoms with Crippen molar-refractivity contribution in [2.24, 2.45) is 0 Å². The molecule has 0 spiro atoms. The first kappa shape index (κ1) is 16.8. The van der Waals surface area contributed by atoms with Gasteiger partial charge in [-0.3, -0.25) is 0 Å². The van der Waals surface area contributed by atoms with Crippen molar-refractivity contribution >= 4 is 21.6 Å². The maximum Gasteiger partial charge on any atom is 0.0380 e. The average molecular weight is 353 g/mol. The fourth-order valence-corrected chi connectivity index (χ4v) is 3.81. The summed E-state index contributed by atoms with van der Waals surface area (Å²) in [6.07, 6.45) is 8.08. The van der Waals surface area contributed by atoms with Gasteiger partial charge in [0, 0.05) is 29.3 Å². The largest absolute Gasteiger partial charge is 0.369 e. The van der Waals surface area contributed by atoms with Crippen LogP contribution < -0.4 is 10.2 Å². The van der Waals surface area contributed by atoms with Crippen LogP contribution in [0.4, 0.5) is 5.69 Å². The highest BCUT2D eigenvalue weighted by atomic mass is 79.9. The van der Waals surface area contributed by atoms with E-state index < -0.39 is 0 Å². The normalized spacial score (nSPS) is 16.1. The van der Waals surface area contributed by atoms with E-state index in [4.69, 9.17) is 0 Å². The van der Waals surface area contributed by atoms with E-state index in [0.717, 1.165) is 25.7 Å². The number of anilines is 1. The van der Waals surface area contributed by atoms with Crippen LogP contribution in [0.2, 0.25) is 0 Å². The molecule has 1 saturated carbocycles. The molecule has 2 nitrogen and oxygen atoms in total. The van der Waals surface area contributed by atoms with Gasteiger partial charge in [-0.25, -0.2) is 0 Å². The minimum absolute atomic E-state index is 0.736. The first-order chi connectivity index (χ1) is 10.3. The number of rotatable bonds is 7. The van der Waals surface area contributed by atoms with Crippen LogP contribution in [0.3, 0.4) is 0 Å². The van der Waals surface area contributed by atoms with Gasteiger partial charge >= 0.3 is 0 Å². The predicted octanol–water partition coefficient (Wildman–Crippen LogP) is 5.11. The fraction of sp³-hybridized carbons (Fsp3) is 0.667. The quantitative estimate of drug-likeness (QED) is 0.686. The number of nitrogens with zero attached hydrogens (tertiary/aromatic N) is 1. The van der Waals surface area contributed by atoms with E-state index in [-0.39, 0.29) is 0 Å². The lowest BCUT2D eigenvalue weighted by atomic mass is 9.93. The van der Waals surface area contributed by atoms with Gasteiger partial charge in [-0.1, -0.05) is 48.2 Å². The maximum absolute atomic E-state index is 3.75. The Morgan fingerprint density at radius 1 is 1.19 bits per heavy atom. The molecule has 118 valence electrons. The minimum atomic E-state index is 0.736. The van der Waals surface area contributed by atoms with E-state index in [1.165, 1.54) is 54.2 Å². The second-order valence-electron chi connectivity index (χ2n) is 6.03. The Labute approximate surface area is 138 Å². The van der Waals surface area contributed by atoms with Crippen molar-refractivity contribution < 1.29 is 0 Å². The summed E-state index contributed by atoms with van der Waals surface area (Å²) in [5.74, 6) is 0. The topological polar surface area (TPSA) is 15.3 Å². The SMILES string of the molecule is CCCNCc1ccc(N(CC)C2CCCCC2)cc1Br. The molecule has 0 amide bonds. The van der Waals surface area contributed by atoms with Crippen LogP contribution in [0.5, 0.6) is 0 Å². The van der Waals surface area contributed by atoms with Gasteiger partial charge < -0.3 is 10.2 Å². The molecule has 3 heteroatoms. The van der Waals surface area contributed by atoms with E-state index in [0.29, 0.717) is 0 Å². The van der Waals surface area contributed by atoms with Crippen LogP contribution in [-0.4, -0.2) is 19.1 Å². The number of benzene rings is 1. The van der Waals surface area contributed by atoms with E-state index in [9.17, 15) is 0 Å². The Morgan fingerprint density at radius 2 is 1.95 bits per heavy atom. The molecule has 1 N–H and O–H groups in total. The number of halogens is 1. The Bertz CT molecular complexity index is 427. The summed E-state index contributed by atoms with van der Waals surface area (Å²) < 4.78 is 1.23. The van der Waals surface area contributed by atoms with Crippen molar-refractivity contribution in [1.82, 2.24) is 5.32 Å². The molecular weight excluding hydrogens is 324 g/mol. The summed E-state index contributed by atoms with van der Waals surface area (Å²) in [6.45, 7) is 7.61. The van der Waals surface area contributed by atoms with Gasteiger partial charge in [-0.2, -0.15) is 0 Å². The molecule has 0 heterocycles. The second-order valence-corrected chi connectivity index (χ2v) is 6.88. The smallest absolute Gasteiger partial charge is 0.0380 e. The van der Waals surface area contributed by atoms with Gasteiger partial charge in [0.2, 0.25) is 0 Å². The molecule has 1 aromatic rings. The zero-order valence-electron chi connectivity index (χ0n) is 13.5. The summed E-state index contributed by atoms with van der Waals surface area (Å²) in [7, 11) is 0. The third kappa shape index (κ3) is 4.72. The first-order valence-corrected chi connectivity index (χ1v) is 9.31. The van der Waals surface area contributed by atoms with Crippen molar-refractivity contribution in [3.05, 3.63) is 28.2 Å². The molecule has 0 unspecified atom stereocenters. The molecule has 0 bridgehead atoms. The van der Waals surface area contributed by atoms with Crippen LogP contribution >= 0.6 is 15.9 Å². The lowest BCUT2D eigenvalue weighted by Gasteiger charge is -2.35. The van der Waals surface area contributed by atoms with Crippen LogP contribution in [0.15, 0.2) is 22.7 Å². The highest BCUT2D eigenvalue weighted by Gasteiger charge is 2.20. The first-order valence-electron chi connectivity index (χ1n) is 8.52. The number of hydrogen-bond acceptors (Lipinski definition) is 2. The predicted molar refractivity (Wildman–Crippen MR) is 96.0 cm³/mol. The van der Waals surface area contributed by atoms with Crippen molar-refractivity contribution in [3.63, 3.8) is 0 Å². The van der Waals surface area contributed by atoms with Crippen molar-refractivity contribution in [3.8, 4) is 0 Å².